The number of aliphatic hydroxyl groups is 1. The highest BCUT2D eigenvalue weighted by Gasteiger charge is 2.10. The van der Waals surface area contributed by atoms with Gasteiger partial charge in [0.1, 0.15) is 6.10 Å². The number of aryl methyl sites for hydroxylation is 3. The topological polar surface area (TPSA) is 63.8 Å². The molecule has 0 aliphatic rings. The molecule has 5 nitrogen and oxygen atoms in total. The highest BCUT2D eigenvalue weighted by atomic mass is 16.3. The predicted molar refractivity (Wildman–Crippen MR) is 63.3 cm³/mol. The van der Waals surface area contributed by atoms with Crippen LogP contribution in [-0.4, -0.2) is 24.9 Å². The van der Waals surface area contributed by atoms with E-state index < -0.39 is 6.10 Å². The summed E-state index contributed by atoms with van der Waals surface area (Å²) in [5.74, 6) is 0.486. The van der Waals surface area contributed by atoms with Gasteiger partial charge in [-0.15, -0.1) is 0 Å². The van der Waals surface area contributed by atoms with E-state index in [9.17, 15) is 5.11 Å². The van der Waals surface area contributed by atoms with Gasteiger partial charge in [-0.3, -0.25) is 4.68 Å². The van der Waals surface area contributed by atoms with Crippen molar-refractivity contribution in [1.29, 1.82) is 0 Å². The molecule has 2 aromatic rings. The number of aromatic nitrogens is 4. The van der Waals surface area contributed by atoms with Crippen LogP contribution in [-0.2, 0) is 13.5 Å². The summed E-state index contributed by atoms with van der Waals surface area (Å²) < 4.78 is 1.75. The van der Waals surface area contributed by atoms with E-state index in [1.165, 1.54) is 0 Å². The summed E-state index contributed by atoms with van der Waals surface area (Å²) in [6.07, 6.45) is 7.95. The molecule has 0 radical (unpaired) electrons. The molecule has 90 valence electrons. The minimum Gasteiger partial charge on any atom is -0.385 e. The van der Waals surface area contributed by atoms with Crippen LogP contribution in [0, 0.1) is 6.92 Å². The van der Waals surface area contributed by atoms with Crippen molar-refractivity contribution < 1.29 is 5.11 Å². The molecule has 0 aliphatic carbocycles. The summed E-state index contributed by atoms with van der Waals surface area (Å²) in [6, 6.07) is 0. The number of hydrogen-bond donors (Lipinski definition) is 1. The van der Waals surface area contributed by atoms with E-state index in [0.29, 0.717) is 12.2 Å². The van der Waals surface area contributed by atoms with Crippen LogP contribution in [0.1, 0.15) is 29.5 Å². The lowest BCUT2D eigenvalue weighted by atomic mass is 10.1. The molecular weight excluding hydrogens is 216 g/mol. The largest absolute Gasteiger partial charge is 0.385 e. The molecule has 0 aliphatic heterocycles. The Morgan fingerprint density at radius 3 is 2.59 bits per heavy atom. The van der Waals surface area contributed by atoms with Crippen molar-refractivity contribution in [2.24, 2.45) is 7.05 Å². The van der Waals surface area contributed by atoms with E-state index in [-0.39, 0.29) is 0 Å². The molecule has 2 aromatic heterocycles. The van der Waals surface area contributed by atoms with Gasteiger partial charge in [0.25, 0.3) is 0 Å². The fraction of sp³-hybridized carbons (Fsp3) is 0.417. The highest BCUT2D eigenvalue weighted by Crippen LogP contribution is 2.14. The average molecular weight is 232 g/mol. The van der Waals surface area contributed by atoms with Crippen LogP contribution in [0.15, 0.2) is 24.8 Å². The molecule has 0 spiro atoms. The van der Waals surface area contributed by atoms with Crippen LogP contribution in [0.3, 0.4) is 0 Å². The van der Waals surface area contributed by atoms with Gasteiger partial charge >= 0.3 is 0 Å². The molecule has 5 heteroatoms. The maximum absolute atomic E-state index is 9.93. The minimum absolute atomic E-state index is 0.486. The quantitative estimate of drug-likeness (QED) is 0.860. The zero-order valence-corrected chi connectivity index (χ0v) is 10.0. The van der Waals surface area contributed by atoms with Crippen molar-refractivity contribution in [3.63, 3.8) is 0 Å². The Bertz CT molecular complexity index is 478. The van der Waals surface area contributed by atoms with E-state index in [1.807, 2.05) is 26.4 Å². The summed E-state index contributed by atoms with van der Waals surface area (Å²) in [7, 11) is 1.88. The lowest BCUT2D eigenvalue weighted by Crippen LogP contribution is -2.04. The van der Waals surface area contributed by atoms with E-state index in [1.54, 1.807) is 17.1 Å². The third kappa shape index (κ3) is 3.10. The van der Waals surface area contributed by atoms with E-state index in [0.717, 1.165) is 17.5 Å². The first-order valence-electron chi connectivity index (χ1n) is 5.59. The standard InChI is InChI=1S/C12H16N4O/c1-9-5-13-12(14-6-9)11(17)4-3-10-7-15-16(2)8-10/h5-8,11,17H,3-4H2,1-2H3. The molecule has 17 heavy (non-hydrogen) atoms. The van der Waals surface area contributed by atoms with Gasteiger partial charge in [0.2, 0.25) is 0 Å². The number of nitrogens with zero attached hydrogens (tertiary/aromatic N) is 4. The maximum atomic E-state index is 9.93. The van der Waals surface area contributed by atoms with Crippen LogP contribution in [0.2, 0.25) is 0 Å². The smallest absolute Gasteiger partial charge is 0.156 e. The predicted octanol–water partition coefficient (Wildman–Crippen LogP) is 1.18. The van der Waals surface area contributed by atoms with E-state index in [2.05, 4.69) is 15.1 Å². The number of hydrogen-bond acceptors (Lipinski definition) is 4. The Labute approximate surface area is 100 Å². The van der Waals surface area contributed by atoms with Gasteiger partial charge < -0.3 is 5.11 Å². The fourth-order valence-electron chi connectivity index (χ4n) is 1.61. The Morgan fingerprint density at radius 2 is 2.00 bits per heavy atom. The lowest BCUT2D eigenvalue weighted by Gasteiger charge is -2.07. The Balaban J connectivity index is 1.93. The third-order valence-corrected chi connectivity index (χ3v) is 2.56. The molecule has 0 saturated heterocycles. The Morgan fingerprint density at radius 1 is 1.29 bits per heavy atom. The molecule has 0 bridgehead atoms. The number of aliphatic hydroxyl groups excluding tert-OH is 1. The second kappa shape index (κ2) is 5.05. The van der Waals surface area contributed by atoms with Gasteiger partial charge in [0.05, 0.1) is 6.20 Å². The molecule has 0 amide bonds. The van der Waals surface area contributed by atoms with Gasteiger partial charge in [-0.2, -0.15) is 5.10 Å². The van der Waals surface area contributed by atoms with Crippen molar-refractivity contribution in [3.05, 3.63) is 41.7 Å². The van der Waals surface area contributed by atoms with Gasteiger partial charge in [0, 0.05) is 25.6 Å². The lowest BCUT2D eigenvalue weighted by molar-refractivity contribution is 0.158. The SMILES string of the molecule is Cc1cnc(C(O)CCc2cnn(C)c2)nc1. The summed E-state index contributed by atoms with van der Waals surface area (Å²) in [6.45, 7) is 1.92. The molecular formula is C12H16N4O. The normalized spacial score (nSPS) is 12.6. The fourth-order valence-corrected chi connectivity index (χ4v) is 1.61. The van der Waals surface area contributed by atoms with Crippen LogP contribution < -0.4 is 0 Å². The van der Waals surface area contributed by atoms with Crippen LogP contribution in [0.4, 0.5) is 0 Å². The van der Waals surface area contributed by atoms with Crippen LogP contribution in [0.25, 0.3) is 0 Å². The zero-order valence-electron chi connectivity index (χ0n) is 10.0. The Hall–Kier alpha value is -1.75. The third-order valence-electron chi connectivity index (χ3n) is 2.56. The second-order valence-electron chi connectivity index (χ2n) is 4.20. The first-order chi connectivity index (χ1) is 8.15. The molecule has 0 fully saturated rings. The monoisotopic (exact) mass is 232 g/mol. The molecule has 2 heterocycles. The summed E-state index contributed by atoms with van der Waals surface area (Å²) in [5.41, 5.74) is 2.10. The minimum atomic E-state index is -0.615. The summed E-state index contributed by atoms with van der Waals surface area (Å²) in [5, 5.41) is 14.0. The first-order valence-corrected chi connectivity index (χ1v) is 5.59. The van der Waals surface area contributed by atoms with Gasteiger partial charge in [0.15, 0.2) is 5.82 Å². The van der Waals surface area contributed by atoms with E-state index in [4.69, 9.17) is 0 Å². The molecule has 1 unspecified atom stereocenters. The summed E-state index contributed by atoms with van der Waals surface area (Å²) >= 11 is 0. The zero-order chi connectivity index (χ0) is 12.3. The maximum Gasteiger partial charge on any atom is 0.156 e. The van der Waals surface area contributed by atoms with Crippen molar-refractivity contribution in [2.75, 3.05) is 0 Å². The molecule has 0 aromatic carbocycles. The molecule has 2 rings (SSSR count). The number of rotatable bonds is 4. The molecule has 1 N–H and O–H groups in total. The van der Waals surface area contributed by atoms with Crippen molar-refractivity contribution in [1.82, 2.24) is 19.7 Å². The molecule has 0 saturated carbocycles. The van der Waals surface area contributed by atoms with Gasteiger partial charge in [-0.25, -0.2) is 9.97 Å². The van der Waals surface area contributed by atoms with Crippen LogP contribution in [0.5, 0.6) is 0 Å². The van der Waals surface area contributed by atoms with Crippen molar-refractivity contribution >= 4 is 0 Å². The van der Waals surface area contributed by atoms with E-state index >= 15 is 0 Å². The first kappa shape index (κ1) is 11.7. The summed E-state index contributed by atoms with van der Waals surface area (Å²) in [4.78, 5) is 8.23. The highest BCUT2D eigenvalue weighted by molar-refractivity contribution is 5.06. The van der Waals surface area contributed by atoms with Crippen molar-refractivity contribution in [3.8, 4) is 0 Å². The average Bonchev–Trinajstić information content (AvgIpc) is 2.73. The van der Waals surface area contributed by atoms with Crippen molar-refractivity contribution in [2.45, 2.75) is 25.9 Å². The van der Waals surface area contributed by atoms with Crippen LogP contribution >= 0.6 is 0 Å². The Kier molecular flexibility index (Phi) is 3.49. The molecule has 1 atom stereocenters. The van der Waals surface area contributed by atoms with Gasteiger partial charge in [-0.1, -0.05) is 0 Å². The second-order valence-corrected chi connectivity index (χ2v) is 4.20. The van der Waals surface area contributed by atoms with Gasteiger partial charge in [-0.05, 0) is 30.9 Å².